The molecule has 1 rings (SSSR count). The Morgan fingerprint density at radius 1 is 1.06 bits per heavy atom. The van der Waals surface area contributed by atoms with Gasteiger partial charge in [-0.15, -0.1) is 0 Å². The molecule has 0 heterocycles. The Kier molecular flexibility index (Phi) is 7.87. The zero-order valence-electron chi connectivity index (χ0n) is 10.9. The van der Waals surface area contributed by atoms with Crippen LogP contribution in [0, 0.1) is 11.8 Å². The van der Waals surface area contributed by atoms with E-state index in [0.717, 1.165) is 12.5 Å². The lowest BCUT2D eigenvalue weighted by molar-refractivity contribution is 0.192. The third kappa shape index (κ3) is 5.31. The molecule has 0 saturated heterocycles. The molecule has 0 radical (unpaired) electrons. The van der Waals surface area contributed by atoms with Crippen molar-refractivity contribution in [3.05, 3.63) is 0 Å². The summed E-state index contributed by atoms with van der Waals surface area (Å²) in [4.78, 5) is 0. The van der Waals surface area contributed by atoms with Crippen LogP contribution in [0.15, 0.2) is 0 Å². The zero-order chi connectivity index (χ0) is 11.6. The quantitative estimate of drug-likeness (QED) is 0.594. The predicted molar refractivity (Wildman–Crippen MR) is 69.5 cm³/mol. The van der Waals surface area contributed by atoms with E-state index in [0.29, 0.717) is 12.5 Å². The summed E-state index contributed by atoms with van der Waals surface area (Å²) in [6, 6.07) is 0. The van der Waals surface area contributed by atoms with E-state index in [9.17, 15) is 5.11 Å². The van der Waals surface area contributed by atoms with Gasteiger partial charge in [-0.1, -0.05) is 39.0 Å². The summed E-state index contributed by atoms with van der Waals surface area (Å²) in [6.45, 7) is 4.94. The summed E-state index contributed by atoms with van der Waals surface area (Å²) in [5, 5.41) is 12.8. The van der Waals surface area contributed by atoms with E-state index in [2.05, 4.69) is 12.2 Å². The second-order valence-corrected chi connectivity index (χ2v) is 5.25. The van der Waals surface area contributed by atoms with Crippen molar-refractivity contribution in [3.63, 3.8) is 0 Å². The predicted octanol–water partition coefficient (Wildman–Crippen LogP) is 2.96. The van der Waals surface area contributed by atoms with E-state index in [1.54, 1.807) is 0 Å². The topological polar surface area (TPSA) is 32.3 Å². The van der Waals surface area contributed by atoms with Crippen LogP contribution in [0.2, 0.25) is 0 Å². The van der Waals surface area contributed by atoms with Crippen LogP contribution in [0.3, 0.4) is 0 Å². The first kappa shape index (κ1) is 14.0. The van der Waals surface area contributed by atoms with Crippen molar-refractivity contribution < 1.29 is 5.11 Å². The number of nitrogens with one attached hydrogen (secondary N) is 1. The molecule has 16 heavy (non-hydrogen) atoms. The fourth-order valence-electron chi connectivity index (χ4n) is 2.76. The van der Waals surface area contributed by atoms with Crippen molar-refractivity contribution in [3.8, 4) is 0 Å². The molecule has 2 N–H and O–H groups in total. The zero-order valence-corrected chi connectivity index (χ0v) is 10.9. The minimum atomic E-state index is 0.392. The van der Waals surface area contributed by atoms with Gasteiger partial charge < -0.3 is 10.4 Å². The SMILES string of the molecule is CCCCCCCNCC1CCCC1CO. The Labute approximate surface area is 101 Å². The summed E-state index contributed by atoms with van der Waals surface area (Å²) in [5.74, 6) is 1.31. The first-order valence-corrected chi connectivity index (χ1v) is 7.20. The maximum absolute atomic E-state index is 9.21. The molecular formula is C14H29NO. The molecule has 96 valence electrons. The highest BCUT2D eigenvalue weighted by Crippen LogP contribution is 2.30. The van der Waals surface area contributed by atoms with Crippen LogP contribution in [0.1, 0.15) is 58.3 Å². The molecule has 0 aliphatic heterocycles. The minimum Gasteiger partial charge on any atom is -0.396 e. The number of unbranched alkanes of at least 4 members (excludes halogenated alkanes) is 4. The Hall–Kier alpha value is -0.0800. The maximum Gasteiger partial charge on any atom is 0.0462 e. The summed E-state index contributed by atoms with van der Waals surface area (Å²) in [6.07, 6.45) is 10.6. The Bertz CT molecular complexity index is 161. The highest BCUT2D eigenvalue weighted by molar-refractivity contribution is 4.78. The van der Waals surface area contributed by atoms with Gasteiger partial charge in [-0.25, -0.2) is 0 Å². The molecule has 0 aromatic rings. The van der Waals surface area contributed by atoms with Crippen LogP contribution in [-0.2, 0) is 0 Å². The molecular weight excluding hydrogens is 198 g/mol. The van der Waals surface area contributed by atoms with Crippen molar-refractivity contribution >= 4 is 0 Å². The van der Waals surface area contributed by atoms with Crippen LogP contribution in [-0.4, -0.2) is 24.8 Å². The van der Waals surface area contributed by atoms with E-state index in [-0.39, 0.29) is 0 Å². The molecule has 2 atom stereocenters. The smallest absolute Gasteiger partial charge is 0.0462 e. The highest BCUT2D eigenvalue weighted by Gasteiger charge is 2.25. The second kappa shape index (κ2) is 9.00. The van der Waals surface area contributed by atoms with Crippen LogP contribution >= 0.6 is 0 Å². The van der Waals surface area contributed by atoms with Gasteiger partial charge in [0.2, 0.25) is 0 Å². The van der Waals surface area contributed by atoms with Gasteiger partial charge in [0, 0.05) is 6.61 Å². The van der Waals surface area contributed by atoms with Gasteiger partial charge in [0.15, 0.2) is 0 Å². The maximum atomic E-state index is 9.21. The van der Waals surface area contributed by atoms with Gasteiger partial charge in [0.25, 0.3) is 0 Å². The minimum absolute atomic E-state index is 0.392. The van der Waals surface area contributed by atoms with Crippen molar-refractivity contribution in [2.45, 2.75) is 58.3 Å². The number of aliphatic hydroxyl groups is 1. The van der Waals surface area contributed by atoms with Crippen molar-refractivity contribution in [1.29, 1.82) is 0 Å². The number of hydrogen-bond donors (Lipinski definition) is 2. The van der Waals surface area contributed by atoms with E-state index < -0.39 is 0 Å². The van der Waals surface area contributed by atoms with Gasteiger partial charge >= 0.3 is 0 Å². The average Bonchev–Trinajstić information content (AvgIpc) is 2.75. The summed E-state index contributed by atoms with van der Waals surface area (Å²) in [7, 11) is 0. The first-order chi connectivity index (χ1) is 7.88. The van der Waals surface area contributed by atoms with Crippen molar-refractivity contribution in [1.82, 2.24) is 5.32 Å². The molecule has 1 aliphatic carbocycles. The summed E-state index contributed by atoms with van der Waals surface area (Å²) < 4.78 is 0. The van der Waals surface area contributed by atoms with Crippen LogP contribution in [0.4, 0.5) is 0 Å². The van der Waals surface area contributed by atoms with E-state index in [1.807, 2.05) is 0 Å². The lowest BCUT2D eigenvalue weighted by atomic mass is 9.97. The standard InChI is InChI=1S/C14H29NO/c1-2-3-4-5-6-10-15-11-13-8-7-9-14(13)12-16/h13-16H,2-12H2,1H3. The number of hydrogen-bond acceptors (Lipinski definition) is 2. The molecule has 2 nitrogen and oxygen atoms in total. The van der Waals surface area contributed by atoms with Gasteiger partial charge in [-0.3, -0.25) is 0 Å². The molecule has 0 bridgehead atoms. The third-order valence-electron chi connectivity index (χ3n) is 3.91. The monoisotopic (exact) mass is 227 g/mol. The van der Waals surface area contributed by atoms with E-state index >= 15 is 0 Å². The third-order valence-corrected chi connectivity index (χ3v) is 3.91. The van der Waals surface area contributed by atoms with Crippen LogP contribution in [0.5, 0.6) is 0 Å². The summed E-state index contributed by atoms with van der Waals surface area (Å²) >= 11 is 0. The normalized spacial score (nSPS) is 25.1. The molecule has 0 amide bonds. The fraction of sp³-hybridized carbons (Fsp3) is 1.00. The van der Waals surface area contributed by atoms with Gasteiger partial charge in [-0.05, 0) is 44.2 Å². The number of aliphatic hydroxyl groups excluding tert-OH is 1. The largest absolute Gasteiger partial charge is 0.396 e. The lowest BCUT2D eigenvalue weighted by Gasteiger charge is -2.17. The fourth-order valence-corrected chi connectivity index (χ4v) is 2.76. The summed E-state index contributed by atoms with van der Waals surface area (Å²) in [5.41, 5.74) is 0. The van der Waals surface area contributed by atoms with Gasteiger partial charge in [0.1, 0.15) is 0 Å². The van der Waals surface area contributed by atoms with Gasteiger partial charge in [0.05, 0.1) is 0 Å². The van der Waals surface area contributed by atoms with Crippen molar-refractivity contribution in [2.75, 3.05) is 19.7 Å². The Morgan fingerprint density at radius 2 is 1.81 bits per heavy atom. The molecule has 2 unspecified atom stereocenters. The van der Waals surface area contributed by atoms with E-state index in [4.69, 9.17) is 0 Å². The Balaban J connectivity index is 1.90. The molecule has 2 heteroatoms. The molecule has 0 aromatic heterocycles. The second-order valence-electron chi connectivity index (χ2n) is 5.25. The Morgan fingerprint density at radius 3 is 2.56 bits per heavy atom. The molecule has 1 aliphatic rings. The molecule has 1 saturated carbocycles. The first-order valence-electron chi connectivity index (χ1n) is 7.20. The van der Waals surface area contributed by atoms with E-state index in [1.165, 1.54) is 57.9 Å². The van der Waals surface area contributed by atoms with Gasteiger partial charge in [-0.2, -0.15) is 0 Å². The van der Waals surface area contributed by atoms with Crippen LogP contribution in [0.25, 0.3) is 0 Å². The molecule has 1 fully saturated rings. The molecule has 0 spiro atoms. The average molecular weight is 227 g/mol. The lowest BCUT2D eigenvalue weighted by Crippen LogP contribution is -2.27. The van der Waals surface area contributed by atoms with Crippen LogP contribution < -0.4 is 5.32 Å². The van der Waals surface area contributed by atoms with Crippen molar-refractivity contribution in [2.24, 2.45) is 11.8 Å². The highest BCUT2D eigenvalue weighted by atomic mass is 16.3. The number of rotatable bonds is 9. The molecule has 0 aromatic carbocycles.